The minimum Gasteiger partial charge on any atom is -0.360 e. The molecule has 2 N–H and O–H groups in total. The van der Waals surface area contributed by atoms with Crippen LogP contribution in [0, 0.1) is 11.3 Å². The monoisotopic (exact) mass is 370 g/mol. The van der Waals surface area contributed by atoms with Crippen LogP contribution in [0.3, 0.4) is 0 Å². The highest BCUT2D eigenvalue weighted by Crippen LogP contribution is 2.25. The summed E-state index contributed by atoms with van der Waals surface area (Å²) in [5.41, 5.74) is 3.22. The van der Waals surface area contributed by atoms with Crippen LogP contribution in [-0.2, 0) is 0 Å². The number of fused-ring (bicyclic) bond motifs is 1. The van der Waals surface area contributed by atoms with Gasteiger partial charge in [-0.05, 0) is 6.07 Å². The van der Waals surface area contributed by atoms with Gasteiger partial charge in [0.1, 0.15) is 11.6 Å². The standard InChI is InChI=1S/C21H14N4OS/c22-10-15(20(26)17-12-23-18-9-5-4-8-16(17)18)11-24-21-25-19(13-27-21)14-6-2-1-3-7-14/h1-9,11-13,23H,(H,24,25)/b15-11-. The van der Waals surface area contributed by atoms with E-state index in [4.69, 9.17) is 0 Å². The summed E-state index contributed by atoms with van der Waals surface area (Å²) in [7, 11) is 0. The number of carbonyl (C=O) groups is 1. The fourth-order valence-corrected chi connectivity index (χ4v) is 3.46. The quantitative estimate of drug-likeness (QED) is 0.294. The molecule has 0 aliphatic rings. The zero-order valence-corrected chi connectivity index (χ0v) is 15.0. The largest absolute Gasteiger partial charge is 0.360 e. The molecule has 0 bridgehead atoms. The fourth-order valence-electron chi connectivity index (χ4n) is 2.77. The summed E-state index contributed by atoms with van der Waals surface area (Å²) in [4.78, 5) is 20.3. The number of carbonyl (C=O) groups excluding carboxylic acids is 1. The summed E-state index contributed by atoms with van der Waals surface area (Å²) < 4.78 is 0. The third-order valence-corrected chi connectivity index (χ3v) is 4.89. The Morgan fingerprint density at radius 3 is 2.74 bits per heavy atom. The smallest absolute Gasteiger partial charge is 0.207 e. The third-order valence-electron chi connectivity index (χ3n) is 4.11. The Kier molecular flexibility index (Phi) is 4.52. The average Bonchev–Trinajstić information content (AvgIpc) is 3.36. The van der Waals surface area contributed by atoms with Gasteiger partial charge in [0.25, 0.3) is 0 Å². The number of rotatable bonds is 5. The second-order valence-corrected chi connectivity index (χ2v) is 6.65. The van der Waals surface area contributed by atoms with Gasteiger partial charge in [-0.2, -0.15) is 5.26 Å². The molecule has 0 unspecified atom stereocenters. The van der Waals surface area contributed by atoms with Crippen LogP contribution in [0.25, 0.3) is 22.2 Å². The van der Waals surface area contributed by atoms with E-state index in [1.807, 2.05) is 66.0 Å². The van der Waals surface area contributed by atoms with E-state index >= 15 is 0 Å². The Bertz CT molecular complexity index is 1180. The average molecular weight is 370 g/mol. The normalized spacial score (nSPS) is 11.3. The number of anilines is 1. The molecule has 0 atom stereocenters. The van der Waals surface area contributed by atoms with E-state index in [1.165, 1.54) is 17.5 Å². The molecule has 4 aromatic rings. The molecule has 4 rings (SSSR count). The molecule has 130 valence electrons. The first-order chi connectivity index (χ1) is 13.3. The number of benzene rings is 2. The SMILES string of the molecule is N#C/C(=C/Nc1nc(-c2ccccc2)cs1)C(=O)c1c[nH]c2ccccc12. The summed E-state index contributed by atoms with van der Waals surface area (Å²) in [6.07, 6.45) is 3.05. The highest BCUT2D eigenvalue weighted by Gasteiger charge is 2.16. The number of hydrogen-bond donors (Lipinski definition) is 2. The van der Waals surface area contributed by atoms with Crippen molar-refractivity contribution in [3.8, 4) is 17.3 Å². The van der Waals surface area contributed by atoms with Crippen molar-refractivity contribution in [3.63, 3.8) is 0 Å². The molecule has 27 heavy (non-hydrogen) atoms. The van der Waals surface area contributed by atoms with Crippen LogP contribution >= 0.6 is 11.3 Å². The number of hydrogen-bond acceptors (Lipinski definition) is 5. The third kappa shape index (κ3) is 3.36. The molecular weight excluding hydrogens is 356 g/mol. The fraction of sp³-hybridized carbons (Fsp3) is 0. The molecule has 0 amide bonds. The molecular formula is C21H14N4OS. The number of aromatic nitrogens is 2. The molecule has 0 saturated heterocycles. The van der Waals surface area contributed by atoms with Crippen molar-refractivity contribution >= 4 is 33.2 Å². The van der Waals surface area contributed by atoms with Crippen LogP contribution in [0.15, 0.2) is 77.9 Å². The number of H-pyrrole nitrogens is 1. The second kappa shape index (κ2) is 7.28. The summed E-state index contributed by atoms with van der Waals surface area (Å²) in [5.74, 6) is -0.331. The first-order valence-corrected chi connectivity index (χ1v) is 9.13. The van der Waals surface area contributed by atoms with Crippen molar-refractivity contribution in [2.45, 2.75) is 0 Å². The molecule has 6 heteroatoms. The highest BCUT2D eigenvalue weighted by atomic mass is 32.1. The zero-order chi connectivity index (χ0) is 18.6. The number of nitriles is 1. The first kappa shape index (κ1) is 16.8. The lowest BCUT2D eigenvalue weighted by molar-refractivity contribution is 0.104. The van der Waals surface area contributed by atoms with Crippen molar-refractivity contribution in [3.05, 3.63) is 83.5 Å². The predicted octanol–water partition coefficient (Wildman–Crippen LogP) is 4.99. The lowest BCUT2D eigenvalue weighted by Gasteiger charge is -1.99. The summed E-state index contributed by atoms with van der Waals surface area (Å²) >= 11 is 1.41. The van der Waals surface area contributed by atoms with Crippen LogP contribution in [0.1, 0.15) is 10.4 Å². The van der Waals surface area contributed by atoms with Crippen LogP contribution in [-0.4, -0.2) is 15.8 Å². The zero-order valence-electron chi connectivity index (χ0n) is 14.1. The van der Waals surface area contributed by atoms with Gasteiger partial charge in [0.2, 0.25) is 5.78 Å². The Hall–Kier alpha value is -3.69. The molecule has 2 aromatic carbocycles. The van der Waals surface area contributed by atoms with E-state index in [2.05, 4.69) is 15.3 Å². The van der Waals surface area contributed by atoms with E-state index in [9.17, 15) is 10.1 Å². The Morgan fingerprint density at radius 2 is 1.93 bits per heavy atom. The van der Waals surface area contributed by atoms with E-state index in [0.29, 0.717) is 10.7 Å². The number of allylic oxidation sites excluding steroid dienone is 1. The molecule has 0 spiro atoms. The Labute approximate surface area is 159 Å². The van der Waals surface area contributed by atoms with Crippen LogP contribution in [0.5, 0.6) is 0 Å². The predicted molar refractivity (Wildman–Crippen MR) is 107 cm³/mol. The van der Waals surface area contributed by atoms with Gasteiger partial charge < -0.3 is 10.3 Å². The van der Waals surface area contributed by atoms with Gasteiger partial charge in [-0.15, -0.1) is 11.3 Å². The van der Waals surface area contributed by atoms with Gasteiger partial charge in [0.05, 0.1) is 5.69 Å². The van der Waals surface area contributed by atoms with Crippen molar-refractivity contribution < 1.29 is 4.79 Å². The van der Waals surface area contributed by atoms with Gasteiger partial charge >= 0.3 is 0 Å². The minimum atomic E-state index is -0.331. The molecule has 2 heterocycles. The van der Waals surface area contributed by atoms with Gasteiger partial charge in [0.15, 0.2) is 5.13 Å². The Balaban J connectivity index is 1.56. The number of para-hydroxylation sites is 1. The number of aromatic amines is 1. The van der Waals surface area contributed by atoms with Gasteiger partial charge in [-0.1, -0.05) is 48.5 Å². The van der Waals surface area contributed by atoms with E-state index in [1.54, 1.807) is 6.20 Å². The first-order valence-electron chi connectivity index (χ1n) is 8.25. The number of thiazole rings is 1. The molecule has 0 aliphatic heterocycles. The lowest BCUT2D eigenvalue weighted by Crippen LogP contribution is -2.03. The second-order valence-electron chi connectivity index (χ2n) is 5.80. The van der Waals surface area contributed by atoms with Gasteiger partial charge in [-0.3, -0.25) is 4.79 Å². The van der Waals surface area contributed by atoms with Crippen LogP contribution in [0.4, 0.5) is 5.13 Å². The van der Waals surface area contributed by atoms with Crippen molar-refractivity contribution in [1.82, 2.24) is 9.97 Å². The number of ketones is 1. The molecule has 0 saturated carbocycles. The van der Waals surface area contributed by atoms with Crippen molar-refractivity contribution in [2.75, 3.05) is 5.32 Å². The topological polar surface area (TPSA) is 81.6 Å². The molecule has 0 fully saturated rings. The molecule has 2 aromatic heterocycles. The van der Waals surface area contributed by atoms with Crippen molar-refractivity contribution in [2.24, 2.45) is 0 Å². The molecule has 0 radical (unpaired) electrons. The van der Waals surface area contributed by atoms with E-state index in [-0.39, 0.29) is 11.4 Å². The summed E-state index contributed by atoms with van der Waals surface area (Å²) in [5, 5.41) is 15.7. The maximum atomic E-state index is 12.7. The van der Waals surface area contributed by atoms with Crippen LogP contribution in [0.2, 0.25) is 0 Å². The lowest BCUT2D eigenvalue weighted by atomic mass is 10.0. The van der Waals surface area contributed by atoms with Gasteiger partial charge in [0, 0.05) is 39.8 Å². The molecule has 0 aliphatic carbocycles. The van der Waals surface area contributed by atoms with E-state index in [0.717, 1.165) is 22.2 Å². The van der Waals surface area contributed by atoms with Crippen LogP contribution < -0.4 is 5.32 Å². The highest BCUT2D eigenvalue weighted by molar-refractivity contribution is 7.14. The number of Topliss-reactive ketones (excluding diaryl/α,β-unsaturated/α-hetero) is 1. The number of nitrogens with zero attached hydrogens (tertiary/aromatic N) is 2. The maximum Gasteiger partial charge on any atom is 0.207 e. The number of nitrogens with one attached hydrogen (secondary N) is 2. The Morgan fingerprint density at radius 1 is 1.15 bits per heavy atom. The summed E-state index contributed by atoms with van der Waals surface area (Å²) in [6.45, 7) is 0. The summed E-state index contributed by atoms with van der Waals surface area (Å²) in [6, 6.07) is 19.3. The maximum absolute atomic E-state index is 12.7. The molecule has 5 nitrogen and oxygen atoms in total. The minimum absolute atomic E-state index is 0.0243. The van der Waals surface area contributed by atoms with E-state index < -0.39 is 0 Å². The van der Waals surface area contributed by atoms with Gasteiger partial charge in [-0.25, -0.2) is 4.98 Å². The van der Waals surface area contributed by atoms with Crippen molar-refractivity contribution in [1.29, 1.82) is 5.26 Å².